The minimum Gasteiger partial charge on any atom is -0.305 e. The number of sulfonamides is 1. The molecule has 1 saturated heterocycles. The highest BCUT2D eigenvalue weighted by molar-refractivity contribution is 7.89. The molecule has 0 aliphatic carbocycles. The Morgan fingerprint density at radius 1 is 1.05 bits per heavy atom. The van der Waals surface area contributed by atoms with E-state index < -0.39 is 21.7 Å². The first-order valence-electron chi connectivity index (χ1n) is 12.1. The lowest BCUT2D eigenvalue weighted by molar-refractivity contribution is -0.162. The molecule has 4 rings (SSSR count). The Morgan fingerprint density at radius 3 is 2.46 bits per heavy atom. The van der Waals surface area contributed by atoms with Crippen LogP contribution in [0.15, 0.2) is 53.9 Å². The van der Waals surface area contributed by atoms with Crippen LogP contribution in [0.2, 0.25) is 0 Å². The van der Waals surface area contributed by atoms with Gasteiger partial charge in [0.2, 0.25) is 10.0 Å². The molecule has 37 heavy (non-hydrogen) atoms. The van der Waals surface area contributed by atoms with E-state index in [1.54, 1.807) is 36.8 Å². The molecule has 198 valence electrons. The number of hydrogen-bond acceptors (Lipinski definition) is 9. The molecule has 2 aliphatic heterocycles. The van der Waals surface area contributed by atoms with Crippen molar-refractivity contribution in [2.75, 3.05) is 45.0 Å². The maximum Gasteiger partial charge on any atom is 0.262 e. The monoisotopic (exact) mass is 531 g/mol. The van der Waals surface area contributed by atoms with Gasteiger partial charge in [-0.2, -0.15) is 4.31 Å². The number of hydroxylamine groups is 2. The van der Waals surface area contributed by atoms with Gasteiger partial charge in [-0.15, -0.1) is 0 Å². The molecule has 0 saturated carbocycles. The van der Waals surface area contributed by atoms with E-state index in [2.05, 4.69) is 15.0 Å². The molecule has 1 aromatic heterocycles. The minimum absolute atomic E-state index is 0.0359. The number of aryl methyl sites for hydroxylation is 1. The summed E-state index contributed by atoms with van der Waals surface area (Å²) in [6.45, 7) is 1.86. The van der Waals surface area contributed by atoms with Gasteiger partial charge in [-0.3, -0.25) is 15.0 Å². The number of hydrogen-bond donors (Lipinski definition) is 1. The fraction of sp³-hybridized carbons (Fsp3) is 0.417. The van der Waals surface area contributed by atoms with Crippen LogP contribution in [0.3, 0.4) is 0 Å². The number of benzene rings is 1. The van der Waals surface area contributed by atoms with Gasteiger partial charge in [-0.25, -0.2) is 32.8 Å². The molecular formula is C24H30FN7O4S. The van der Waals surface area contributed by atoms with E-state index in [0.29, 0.717) is 55.5 Å². The second kappa shape index (κ2) is 12.3. The number of carbonyl (C=O) groups excluding carboxylic acids is 1. The van der Waals surface area contributed by atoms with Gasteiger partial charge in [-0.1, -0.05) is 0 Å². The van der Waals surface area contributed by atoms with E-state index in [9.17, 15) is 22.8 Å². The fourth-order valence-electron chi connectivity index (χ4n) is 4.08. The first-order chi connectivity index (χ1) is 17.8. The zero-order valence-corrected chi connectivity index (χ0v) is 21.2. The number of nitrogens with zero attached hydrogens (tertiary/aromatic N) is 7. The average Bonchev–Trinajstić information content (AvgIpc) is 2.92. The molecule has 1 amide bonds. The van der Waals surface area contributed by atoms with Gasteiger partial charge in [0.1, 0.15) is 17.4 Å². The van der Waals surface area contributed by atoms with Crippen LogP contribution in [0, 0.1) is 5.82 Å². The number of unbranched alkanes of at least 4 members (excludes halogenated alkanes) is 1. The van der Waals surface area contributed by atoms with Crippen molar-refractivity contribution in [3.63, 3.8) is 0 Å². The van der Waals surface area contributed by atoms with Crippen molar-refractivity contribution in [2.24, 2.45) is 4.99 Å². The highest BCUT2D eigenvalue weighted by Crippen LogP contribution is 2.21. The number of amides is 1. The smallest absolute Gasteiger partial charge is 0.262 e. The molecule has 11 nitrogen and oxygen atoms in total. The van der Waals surface area contributed by atoms with Gasteiger partial charge in [0.05, 0.1) is 12.2 Å². The first kappa shape index (κ1) is 26.8. The van der Waals surface area contributed by atoms with Crippen molar-refractivity contribution in [1.82, 2.24) is 29.4 Å². The molecule has 0 spiro atoms. The molecule has 0 radical (unpaired) electrons. The molecule has 0 atom stereocenters. The molecule has 0 bridgehead atoms. The number of aromatic nitrogens is 2. The molecule has 2 aromatic rings. The van der Waals surface area contributed by atoms with Crippen LogP contribution < -0.4 is 0 Å². The van der Waals surface area contributed by atoms with Crippen molar-refractivity contribution in [3.05, 3.63) is 66.1 Å². The third-order valence-corrected chi connectivity index (χ3v) is 7.88. The number of rotatable bonds is 10. The molecule has 1 aromatic carbocycles. The average molecular weight is 532 g/mol. The number of aliphatic imine (C=N–C) groups is 1. The predicted molar refractivity (Wildman–Crippen MR) is 135 cm³/mol. The third-order valence-electron chi connectivity index (χ3n) is 6.12. The van der Waals surface area contributed by atoms with Crippen molar-refractivity contribution in [1.29, 1.82) is 0 Å². The maximum absolute atomic E-state index is 13.2. The molecule has 2 aliphatic rings. The van der Waals surface area contributed by atoms with Gasteiger partial charge in [0.15, 0.2) is 0 Å². The van der Waals surface area contributed by atoms with Crippen LogP contribution in [0.25, 0.3) is 5.70 Å². The van der Waals surface area contributed by atoms with E-state index in [-0.39, 0.29) is 25.5 Å². The van der Waals surface area contributed by atoms with Gasteiger partial charge in [0, 0.05) is 69.5 Å². The van der Waals surface area contributed by atoms with Crippen LogP contribution in [-0.2, 0) is 21.2 Å². The lowest BCUT2D eigenvalue weighted by atomic mass is 10.1. The Bertz CT molecular complexity index is 1220. The zero-order chi connectivity index (χ0) is 26.3. The van der Waals surface area contributed by atoms with Gasteiger partial charge in [-0.05, 0) is 43.2 Å². The quantitative estimate of drug-likeness (QED) is 0.277. The molecule has 0 unspecified atom stereocenters. The van der Waals surface area contributed by atoms with E-state index in [1.165, 1.54) is 16.4 Å². The molecule has 13 heteroatoms. The minimum atomic E-state index is -3.87. The molecular weight excluding hydrogens is 501 g/mol. The number of hydrazine groups is 1. The molecule has 1 fully saturated rings. The van der Waals surface area contributed by atoms with Crippen molar-refractivity contribution < 1.29 is 22.8 Å². The highest BCUT2D eigenvalue weighted by atomic mass is 32.2. The predicted octanol–water partition coefficient (Wildman–Crippen LogP) is 1.40. The van der Waals surface area contributed by atoms with Crippen LogP contribution >= 0.6 is 0 Å². The lowest BCUT2D eigenvalue weighted by Crippen LogP contribution is -2.55. The summed E-state index contributed by atoms with van der Waals surface area (Å²) >= 11 is 0. The summed E-state index contributed by atoms with van der Waals surface area (Å²) in [6.07, 6.45) is 8.66. The summed E-state index contributed by atoms with van der Waals surface area (Å²) in [5.74, 6) is -1.27. The number of piperazine rings is 1. The van der Waals surface area contributed by atoms with E-state index in [1.807, 2.05) is 16.2 Å². The summed E-state index contributed by atoms with van der Waals surface area (Å²) in [5, 5.41) is 14.5. The largest absolute Gasteiger partial charge is 0.305 e. The SMILES string of the molecule is O=C(CS(=O)(=O)N1CCN(N2C=C(c3ccc(F)cc3)N=CC2)CC1)N(O)CCCCc1ncccn1. The van der Waals surface area contributed by atoms with E-state index in [4.69, 9.17) is 0 Å². The highest BCUT2D eigenvalue weighted by Gasteiger charge is 2.32. The zero-order valence-electron chi connectivity index (χ0n) is 20.4. The topological polar surface area (TPSA) is 123 Å². The normalized spacial score (nSPS) is 17.0. The van der Waals surface area contributed by atoms with Crippen LogP contribution in [0.1, 0.15) is 24.2 Å². The summed E-state index contributed by atoms with van der Waals surface area (Å²) in [5.41, 5.74) is 1.47. The Labute approximate surface area is 215 Å². The molecule has 3 heterocycles. The van der Waals surface area contributed by atoms with E-state index in [0.717, 1.165) is 5.56 Å². The van der Waals surface area contributed by atoms with Gasteiger partial charge < -0.3 is 5.01 Å². The Hall–Kier alpha value is -3.26. The van der Waals surface area contributed by atoms with Gasteiger partial charge in [0.25, 0.3) is 5.91 Å². The Morgan fingerprint density at radius 2 is 1.76 bits per heavy atom. The Balaban J connectivity index is 1.23. The maximum atomic E-state index is 13.2. The van der Waals surface area contributed by atoms with E-state index >= 15 is 0 Å². The van der Waals surface area contributed by atoms with Crippen LogP contribution in [-0.4, -0.2) is 100 Å². The summed E-state index contributed by atoms with van der Waals surface area (Å²) in [6, 6.07) is 7.80. The lowest BCUT2D eigenvalue weighted by Gasteiger charge is -2.40. The first-order valence-corrected chi connectivity index (χ1v) is 13.7. The Kier molecular flexibility index (Phi) is 8.92. The number of carbonyl (C=O) groups is 1. The summed E-state index contributed by atoms with van der Waals surface area (Å²) in [4.78, 5) is 25.0. The molecule has 1 N–H and O–H groups in total. The fourth-order valence-corrected chi connectivity index (χ4v) is 5.44. The third kappa shape index (κ3) is 7.38. The second-order valence-corrected chi connectivity index (χ2v) is 10.7. The van der Waals surface area contributed by atoms with Crippen LogP contribution in [0.5, 0.6) is 0 Å². The van der Waals surface area contributed by atoms with Crippen molar-refractivity contribution in [2.45, 2.75) is 19.3 Å². The standard InChI is InChI=1S/C24H30FN7O4S/c25-21-7-5-20(6-8-21)22-18-30(13-11-26-22)29-14-16-31(17-15-29)37(35,36)19-24(33)32(34)12-2-1-4-23-27-9-3-10-28-23/h3,5-11,18,34H,1-2,4,12-17,19H2. The second-order valence-electron chi connectivity index (χ2n) is 8.70. The van der Waals surface area contributed by atoms with Crippen molar-refractivity contribution in [3.8, 4) is 0 Å². The summed E-state index contributed by atoms with van der Waals surface area (Å²) in [7, 11) is -3.87. The summed E-state index contributed by atoms with van der Waals surface area (Å²) < 4.78 is 40.2. The van der Waals surface area contributed by atoms with Crippen LogP contribution in [0.4, 0.5) is 4.39 Å². The number of halogens is 1. The van der Waals surface area contributed by atoms with Crippen molar-refractivity contribution >= 4 is 27.8 Å². The van der Waals surface area contributed by atoms with Gasteiger partial charge >= 0.3 is 0 Å².